The van der Waals surface area contributed by atoms with Gasteiger partial charge in [0.15, 0.2) is 0 Å². The molecule has 3 atom stereocenters. The van der Waals surface area contributed by atoms with Crippen molar-refractivity contribution in [1.82, 2.24) is 0 Å². The zero-order valence-electron chi connectivity index (χ0n) is 47.8. The lowest BCUT2D eigenvalue weighted by molar-refractivity contribution is 0.393. The van der Waals surface area contributed by atoms with Gasteiger partial charge in [-0.25, -0.2) is 0 Å². The average Bonchev–Trinajstić information content (AvgIpc) is 3.94. The highest BCUT2D eigenvalue weighted by molar-refractivity contribution is 6.00. The third-order valence-electron chi connectivity index (χ3n) is 19.6. The molecule has 81 heavy (non-hydrogen) atoms. The van der Waals surface area contributed by atoms with Crippen LogP contribution in [0.1, 0.15) is 143 Å². The molecule has 3 aliphatic carbocycles. The predicted molar refractivity (Wildman–Crippen MR) is 343 cm³/mol. The first-order chi connectivity index (χ1) is 39.9. The summed E-state index contributed by atoms with van der Waals surface area (Å²) in [6.45, 7) is 9.66. The van der Waals surface area contributed by atoms with Crippen molar-refractivity contribution in [3.8, 4) is 44.5 Å². The topological polar surface area (TPSA) is 6.48 Å². The minimum absolute atomic E-state index is 0.0243. The molecule has 0 radical (unpaired) electrons. The fourth-order valence-corrected chi connectivity index (χ4v) is 15.3. The molecule has 4 bridgehead atoms. The van der Waals surface area contributed by atoms with Crippen molar-refractivity contribution >= 4 is 34.1 Å². The first-order valence-corrected chi connectivity index (χ1v) is 30.6. The summed E-state index contributed by atoms with van der Waals surface area (Å²) in [6.07, 6.45) is 14.4. The standard InChI is InChI=1S/C79H74N2/c1-5-8-10-25-48-77(4,7-3)58-40-44-65-66-45-41-59-51-70(66)79(69(65)50-58)71-52-61(80(60-33-19-14-20-34-60)73-37-23-21-35-63(73)55-28-15-12-16-29-55)42-46-67(71)68-47-43-62(53-72(68)79)81(74-38-24-22-36-64(74)56-30-17-13-18-31-56)75-39-27-32-57-54-78(59,76(57)75)49-26-11-9-6-2/h12-24,27-47,50-53H,5-11,25-26,48-49,54H2,1-4H3. The van der Waals surface area contributed by atoms with Crippen LogP contribution in [0.2, 0.25) is 0 Å². The second kappa shape index (κ2) is 20.7. The molecule has 0 amide bonds. The minimum Gasteiger partial charge on any atom is -0.310 e. The van der Waals surface area contributed by atoms with Gasteiger partial charge in [0.1, 0.15) is 0 Å². The van der Waals surface area contributed by atoms with Gasteiger partial charge in [0.05, 0.1) is 22.5 Å². The van der Waals surface area contributed by atoms with E-state index in [2.05, 4.69) is 268 Å². The summed E-state index contributed by atoms with van der Waals surface area (Å²) in [5, 5.41) is 0. The molecule has 1 aliphatic heterocycles. The Morgan fingerprint density at radius 1 is 0.444 bits per heavy atom. The van der Waals surface area contributed by atoms with Gasteiger partial charge in [0.25, 0.3) is 0 Å². The maximum absolute atomic E-state index is 2.75. The van der Waals surface area contributed by atoms with Gasteiger partial charge in [-0.15, -0.1) is 0 Å². The Bertz CT molecular complexity index is 3970. The third kappa shape index (κ3) is 8.10. The molecule has 0 fully saturated rings. The Labute approximate surface area is 481 Å². The Kier molecular flexibility index (Phi) is 13.0. The van der Waals surface area contributed by atoms with E-state index in [1.54, 1.807) is 0 Å². The van der Waals surface area contributed by atoms with E-state index in [-0.39, 0.29) is 10.8 Å². The summed E-state index contributed by atoms with van der Waals surface area (Å²) in [5.74, 6) is 0. The average molecular weight is 1050 g/mol. The quantitative estimate of drug-likeness (QED) is 0.0790. The zero-order chi connectivity index (χ0) is 54.7. The van der Waals surface area contributed by atoms with E-state index in [0.29, 0.717) is 0 Å². The number of nitrogens with zero attached hydrogens (tertiary/aromatic N) is 2. The predicted octanol–water partition coefficient (Wildman–Crippen LogP) is 22.1. The van der Waals surface area contributed by atoms with Crippen LogP contribution in [0.4, 0.5) is 34.1 Å². The van der Waals surface area contributed by atoms with Gasteiger partial charge in [-0.05, 0) is 164 Å². The van der Waals surface area contributed by atoms with E-state index in [9.17, 15) is 0 Å². The Balaban J connectivity index is 1.09. The third-order valence-corrected chi connectivity index (χ3v) is 19.6. The molecule has 0 N–H and O–H groups in total. The highest BCUT2D eigenvalue weighted by Crippen LogP contribution is 2.67. The van der Waals surface area contributed by atoms with Gasteiger partial charge in [-0.2, -0.15) is 0 Å². The van der Waals surface area contributed by atoms with Gasteiger partial charge in [-0.3, -0.25) is 0 Å². The van der Waals surface area contributed by atoms with Crippen LogP contribution >= 0.6 is 0 Å². The monoisotopic (exact) mass is 1050 g/mol. The number of anilines is 6. The Hall–Kier alpha value is -8.20. The van der Waals surface area contributed by atoms with Gasteiger partial charge < -0.3 is 9.80 Å². The van der Waals surface area contributed by atoms with E-state index in [1.165, 1.54) is 164 Å². The van der Waals surface area contributed by atoms with Crippen molar-refractivity contribution in [3.63, 3.8) is 0 Å². The highest BCUT2D eigenvalue weighted by atomic mass is 15.2. The number of hydrogen-bond acceptors (Lipinski definition) is 2. The molecular formula is C79H74N2. The van der Waals surface area contributed by atoms with Gasteiger partial charge in [-0.1, -0.05) is 255 Å². The van der Waals surface area contributed by atoms with E-state index < -0.39 is 5.41 Å². The number of fused-ring (bicyclic) bond motifs is 7. The first-order valence-electron chi connectivity index (χ1n) is 30.6. The van der Waals surface area contributed by atoms with Crippen molar-refractivity contribution in [2.75, 3.05) is 9.80 Å². The summed E-state index contributed by atoms with van der Waals surface area (Å²) in [7, 11) is 0. The fourth-order valence-electron chi connectivity index (χ4n) is 15.3. The van der Waals surface area contributed by atoms with Crippen molar-refractivity contribution in [2.45, 2.75) is 121 Å². The smallest absolute Gasteiger partial charge is 0.0727 e. The molecule has 0 saturated heterocycles. The molecule has 1 spiro atoms. The lowest BCUT2D eigenvalue weighted by Crippen LogP contribution is -2.41. The Morgan fingerprint density at radius 2 is 1.02 bits per heavy atom. The first kappa shape index (κ1) is 51.0. The molecule has 0 saturated carbocycles. The highest BCUT2D eigenvalue weighted by Gasteiger charge is 2.55. The summed E-state index contributed by atoms with van der Waals surface area (Å²) >= 11 is 0. The number of unbranched alkanes of at least 4 members (excludes halogenated alkanes) is 6. The summed E-state index contributed by atoms with van der Waals surface area (Å²) < 4.78 is 0. The molecular weight excluding hydrogens is 977 g/mol. The van der Waals surface area contributed by atoms with Crippen LogP contribution in [-0.4, -0.2) is 0 Å². The molecule has 3 unspecified atom stereocenters. The molecule has 14 rings (SSSR count). The maximum Gasteiger partial charge on any atom is 0.0727 e. The van der Waals surface area contributed by atoms with Gasteiger partial charge in [0.2, 0.25) is 0 Å². The van der Waals surface area contributed by atoms with Crippen molar-refractivity contribution in [2.24, 2.45) is 0 Å². The number of rotatable bonds is 18. The van der Waals surface area contributed by atoms with E-state index in [1.807, 2.05) is 0 Å². The summed E-state index contributed by atoms with van der Waals surface area (Å²) in [4.78, 5) is 5.19. The molecule has 2 nitrogen and oxygen atoms in total. The van der Waals surface area contributed by atoms with Crippen molar-refractivity contribution < 1.29 is 0 Å². The van der Waals surface area contributed by atoms with Crippen LogP contribution in [-0.2, 0) is 22.7 Å². The van der Waals surface area contributed by atoms with Crippen LogP contribution in [0, 0.1) is 0 Å². The SMILES string of the molecule is CCCCCCC(C)(CC)c1ccc2c(c1)C13c4cc(N(c5ccccc5)c5ccccc5-c5ccccc5)ccc4-c4ccc(cc41)N(c1ccccc1-c1ccccc1)c1cccc4c1C(CCCCCC)(C4)c1ccc-2c3c1. The van der Waals surface area contributed by atoms with Crippen LogP contribution in [0.15, 0.2) is 231 Å². The van der Waals surface area contributed by atoms with Crippen LogP contribution < -0.4 is 9.80 Å². The molecule has 400 valence electrons. The van der Waals surface area contributed by atoms with Crippen LogP contribution in [0.25, 0.3) is 44.5 Å². The molecule has 0 aromatic heterocycles. The maximum atomic E-state index is 2.75. The number of benzene rings is 10. The molecule has 4 aliphatic rings. The lowest BCUT2D eigenvalue weighted by atomic mass is 9.57. The second-order valence-electron chi connectivity index (χ2n) is 24.1. The normalized spacial score (nSPS) is 17.3. The van der Waals surface area contributed by atoms with E-state index >= 15 is 0 Å². The lowest BCUT2D eigenvalue weighted by Gasteiger charge is -2.48. The van der Waals surface area contributed by atoms with Crippen LogP contribution in [0.5, 0.6) is 0 Å². The molecule has 10 aromatic carbocycles. The molecule has 2 heteroatoms. The van der Waals surface area contributed by atoms with Crippen molar-refractivity contribution in [3.05, 3.63) is 275 Å². The Morgan fingerprint density at radius 3 is 1.75 bits per heavy atom. The van der Waals surface area contributed by atoms with E-state index in [4.69, 9.17) is 0 Å². The van der Waals surface area contributed by atoms with Crippen LogP contribution in [0.3, 0.4) is 0 Å². The van der Waals surface area contributed by atoms with E-state index in [0.717, 1.165) is 36.3 Å². The summed E-state index contributed by atoms with van der Waals surface area (Å²) in [6, 6.07) is 89.2. The number of hydrogen-bond donors (Lipinski definition) is 0. The second-order valence-corrected chi connectivity index (χ2v) is 24.1. The minimum atomic E-state index is -0.636. The summed E-state index contributed by atoms with van der Waals surface area (Å²) in [5.41, 5.74) is 28.0. The van der Waals surface area contributed by atoms with Gasteiger partial charge in [0, 0.05) is 33.6 Å². The zero-order valence-corrected chi connectivity index (χ0v) is 47.8. The van der Waals surface area contributed by atoms with Crippen molar-refractivity contribution in [1.29, 1.82) is 0 Å². The number of para-hydroxylation sites is 3. The molecule has 10 aromatic rings. The van der Waals surface area contributed by atoms with Gasteiger partial charge >= 0.3 is 0 Å². The molecule has 1 heterocycles. The fraction of sp³-hybridized carbons (Fsp3) is 0.241. The largest absolute Gasteiger partial charge is 0.310 e.